The van der Waals surface area contributed by atoms with Crippen LogP contribution >= 0.6 is 0 Å². The number of likely N-dealkylation sites (tertiary alicyclic amines) is 1. The van der Waals surface area contributed by atoms with Crippen molar-refractivity contribution in [3.63, 3.8) is 0 Å². The first-order chi connectivity index (χ1) is 11.4. The van der Waals surface area contributed by atoms with E-state index in [9.17, 15) is 8.78 Å². The van der Waals surface area contributed by atoms with Crippen LogP contribution in [0.5, 0.6) is 5.88 Å². The van der Waals surface area contributed by atoms with Gasteiger partial charge in [-0.15, -0.1) is 0 Å². The number of halogens is 2. The largest absolute Gasteiger partial charge is 0.471 e. The summed E-state index contributed by atoms with van der Waals surface area (Å²) in [4.78, 5) is 12.3. The van der Waals surface area contributed by atoms with Crippen molar-refractivity contribution in [2.24, 2.45) is 0 Å². The van der Waals surface area contributed by atoms with Crippen molar-refractivity contribution in [3.05, 3.63) is 11.9 Å². The second-order valence-corrected chi connectivity index (χ2v) is 6.66. The number of hydrogen-bond acceptors (Lipinski definition) is 6. The van der Waals surface area contributed by atoms with Crippen molar-refractivity contribution in [3.8, 4) is 11.9 Å². The lowest BCUT2D eigenvalue weighted by atomic mass is 9.91. The summed E-state index contributed by atoms with van der Waals surface area (Å²) < 4.78 is 32.5. The Morgan fingerprint density at radius 1 is 1.33 bits per heavy atom. The third kappa shape index (κ3) is 3.73. The maximum atomic E-state index is 13.3. The Bertz CT molecular complexity index is 632. The van der Waals surface area contributed by atoms with Gasteiger partial charge in [0, 0.05) is 45.1 Å². The molecule has 0 N–H and O–H groups in total. The molecule has 0 radical (unpaired) electrons. The van der Waals surface area contributed by atoms with Crippen LogP contribution < -0.4 is 9.64 Å². The van der Waals surface area contributed by atoms with Crippen molar-refractivity contribution in [2.45, 2.75) is 43.8 Å². The standard InChI is InChI=1S/C16H21F2N5O/c1-22-9-12(10-22)24-15-7-14(20-13(8-19)21-15)23(2)11-3-5-16(17,18)6-4-11/h7,11-12H,3-6,9-10H2,1-2H3. The molecule has 0 unspecified atom stereocenters. The highest BCUT2D eigenvalue weighted by Crippen LogP contribution is 2.36. The minimum Gasteiger partial charge on any atom is -0.471 e. The first-order valence-electron chi connectivity index (χ1n) is 8.11. The molecule has 24 heavy (non-hydrogen) atoms. The fourth-order valence-electron chi connectivity index (χ4n) is 3.19. The Hall–Kier alpha value is -2.01. The second-order valence-electron chi connectivity index (χ2n) is 6.66. The van der Waals surface area contributed by atoms with E-state index in [0.29, 0.717) is 24.5 Å². The molecule has 0 spiro atoms. The van der Waals surface area contributed by atoms with Gasteiger partial charge in [-0.05, 0) is 19.9 Å². The minimum atomic E-state index is -2.56. The molecule has 2 heterocycles. The predicted molar refractivity (Wildman–Crippen MR) is 84.3 cm³/mol. The minimum absolute atomic E-state index is 0.0197. The molecule has 0 amide bonds. The lowest BCUT2D eigenvalue weighted by Gasteiger charge is -2.36. The lowest BCUT2D eigenvalue weighted by Crippen LogP contribution is -2.51. The van der Waals surface area contributed by atoms with Gasteiger partial charge in [-0.3, -0.25) is 4.90 Å². The van der Waals surface area contributed by atoms with Crippen LogP contribution in [0.15, 0.2) is 6.07 Å². The molecular weight excluding hydrogens is 316 g/mol. The zero-order valence-electron chi connectivity index (χ0n) is 13.9. The van der Waals surface area contributed by atoms with E-state index in [2.05, 4.69) is 14.9 Å². The molecule has 1 saturated heterocycles. The molecule has 0 bridgehead atoms. The van der Waals surface area contributed by atoms with Crippen molar-refractivity contribution >= 4 is 5.82 Å². The Balaban J connectivity index is 1.73. The van der Waals surface area contributed by atoms with Gasteiger partial charge in [-0.2, -0.15) is 10.2 Å². The van der Waals surface area contributed by atoms with Crippen molar-refractivity contribution in [1.82, 2.24) is 14.9 Å². The molecule has 1 aliphatic carbocycles. The van der Waals surface area contributed by atoms with Crippen LogP contribution in [0.3, 0.4) is 0 Å². The van der Waals surface area contributed by atoms with Crippen LogP contribution in [0.4, 0.5) is 14.6 Å². The first kappa shape index (κ1) is 16.8. The summed E-state index contributed by atoms with van der Waals surface area (Å²) in [6, 6.07) is 3.60. The molecule has 8 heteroatoms. The summed E-state index contributed by atoms with van der Waals surface area (Å²) in [6.07, 6.45) is 0.632. The smallest absolute Gasteiger partial charge is 0.248 e. The van der Waals surface area contributed by atoms with Gasteiger partial charge in [0.1, 0.15) is 18.0 Å². The number of hydrogen-bond donors (Lipinski definition) is 0. The van der Waals surface area contributed by atoms with Gasteiger partial charge < -0.3 is 9.64 Å². The number of rotatable bonds is 4. The average molecular weight is 337 g/mol. The average Bonchev–Trinajstić information content (AvgIpc) is 2.52. The number of nitrogens with zero attached hydrogens (tertiary/aromatic N) is 5. The molecule has 2 fully saturated rings. The zero-order chi connectivity index (χ0) is 17.3. The van der Waals surface area contributed by atoms with Crippen molar-refractivity contribution < 1.29 is 13.5 Å². The van der Waals surface area contributed by atoms with Crippen LogP contribution in [0.25, 0.3) is 0 Å². The van der Waals surface area contributed by atoms with Crippen LogP contribution in [0.2, 0.25) is 0 Å². The van der Waals surface area contributed by atoms with Gasteiger partial charge >= 0.3 is 0 Å². The molecule has 2 aliphatic rings. The van der Waals surface area contributed by atoms with Crippen LogP contribution in [-0.4, -0.2) is 60.1 Å². The molecular formula is C16H21F2N5O. The summed E-state index contributed by atoms with van der Waals surface area (Å²) >= 11 is 0. The number of aromatic nitrogens is 2. The number of likely N-dealkylation sites (N-methyl/N-ethyl adjacent to an activating group) is 1. The van der Waals surface area contributed by atoms with E-state index < -0.39 is 5.92 Å². The zero-order valence-corrected chi connectivity index (χ0v) is 13.9. The highest BCUT2D eigenvalue weighted by atomic mass is 19.3. The van der Waals surface area contributed by atoms with Gasteiger partial charge in [0.2, 0.25) is 17.6 Å². The Morgan fingerprint density at radius 2 is 2.00 bits per heavy atom. The van der Waals surface area contributed by atoms with Crippen LogP contribution in [-0.2, 0) is 0 Å². The number of anilines is 1. The Morgan fingerprint density at radius 3 is 2.58 bits per heavy atom. The first-order valence-corrected chi connectivity index (χ1v) is 8.11. The fourth-order valence-corrected chi connectivity index (χ4v) is 3.19. The third-order valence-electron chi connectivity index (χ3n) is 4.70. The van der Waals surface area contributed by atoms with Gasteiger partial charge in [0.25, 0.3) is 0 Å². The van der Waals surface area contributed by atoms with E-state index in [1.165, 1.54) is 0 Å². The Labute approximate surface area is 140 Å². The summed E-state index contributed by atoms with van der Waals surface area (Å²) in [5, 5.41) is 9.14. The van der Waals surface area contributed by atoms with E-state index >= 15 is 0 Å². The molecule has 1 aromatic heterocycles. The molecule has 1 aromatic rings. The summed E-state index contributed by atoms with van der Waals surface area (Å²) in [6.45, 7) is 1.63. The molecule has 1 aliphatic heterocycles. The maximum absolute atomic E-state index is 13.3. The molecule has 0 atom stereocenters. The van der Waals surface area contributed by atoms with E-state index in [1.807, 2.05) is 25.1 Å². The summed E-state index contributed by atoms with van der Waals surface area (Å²) in [5.74, 6) is -1.63. The van der Waals surface area contributed by atoms with Gasteiger partial charge in [-0.1, -0.05) is 0 Å². The highest BCUT2D eigenvalue weighted by Gasteiger charge is 2.36. The lowest BCUT2D eigenvalue weighted by molar-refractivity contribution is -0.0378. The number of nitriles is 1. The Kier molecular flexibility index (Phi) is 4.54. The SMILES string of the molecule is CN1CC(Oc2cc(N(C)C3CCC(F)(F)CC3)nc(C#N)n2)C1. The highest BCUT2D eigenvalue weighted by molar-refractivity contribution is 5.44. The van der Waals surface area contributed by atoms with Crippen LogP contribution in [0.1, 0.15) is 31.5 Å². The number of alkyl halides is 2. The second kappa shape index (κ2) is 6.48. The van der Waals surface area contributed by atoms with Crippen molar-refractivity contribution in [1.29, 1.82) is 5.26 Å². The maximum Gasteiger partial charge on any atom is 0.248 e. The summed E-state index contributed by atoms with van der Waals surface area (Å²) in [5.41, 5.74) is 0. The van der Waals surface area contributed by atoms with Gasteiger partial charge in [-0.25, -0.2) is 13.8 Å². The van der Waals surface area contributed by atoms with Gasteiger partial charge in [0.15, 0.2) is 0 Å². The molecule has 6 nitrogen and oxygen atoms in total. The quantitative estimate of drug-likeness (QED) is 0.838. The van der Waals surface area contributed by atoms with E-state index in [4.69, 9.17) is 10.00 Å². The number of ether oxygens (including phenoxy) is 1. The van der Waals surface area contributed by atoms with Crippen molar-refractivity contribution in [2.75, 3.05) is 32.1 Å². The summed E-state index contributed by atoms with van der Waals surface area (Å²) in [7, 11) is 3.82. The van der Waals surface area contributed by atoms with E-state index in [0.717, 1.165) is 13.1 Å². The van der Waals surface area contributed by atoms with Gasteiger partial charge in [0.05, 0.1) is 0 Å². The molecule has 3 rings (SSSR count). The molecule has 130 valence electrons. The van der Waals surface area contributed by atoms with E-state index in [-0.39, 0.29) is 30.8 Å². The third-order valence-corrected chi connectivity index (χ3v) is 4.70. The fraction of sp³-hybridized carbons (Fsp3) is 0.688. The van der Waals surface area contributed by atoms with Crippen LogP contribution in [0, 0.1) is 11.3 Å². The van der Waals surface area contributed by atoms with E-state index in [1.54, 1.807) is 6.07 Å². The monoisotopic (exact) mass is 337 g/mol. The topological polar surface area (TPSA) is 65.3 Å². The normalized spacial score (nSPS) is 21.8. The molecule has 1 saturated carbocycles. The predicted octanol–water partition coefficient (Wildman–Crippen LogP) is 2.06. The molecule has 0 aromatic carbocycles.